The summed E-state index contributed by atoms with van der Waals surface area (Å²) in [4.78, 5) is 25.4. The second-order valence-electron chi connectivity index (χ2n) is 6.98. The van der Waals surface area contributed by atoms with Gasteiger partial charge in [-0.15, -0.1) is 0 Å². The Kier molecular flexibility index (Phi) is 5.71. The van der Waals surface area contributed by atoms with Crippen LogP contribution in [0.4, 0.5) is 4.79 Å². The van der Waals surface area contributed by atoms with E-state index in [4.69, 9.17) is 4.74 Å². The van der Waals surface area contributed by atoms with E-state index >= 15 is 0 Å². The lowest BCUT2D eigenvalue weighted by Crippen LogP contribution is -2.46. The number of hydrogen-bond donors (Lipinski definition) is 1. The van der Waals surface area contributed by atoms with E-state index in [1.54, 1.807) is 0 Å². The molecule has 2 amide bonds. The minimum absolute atomic E-state index is 0.0868. The Morgan fingerprint density at radius 1 is 0.885 bits per heavy atom. The fraction of sp³-hybridized carbons (Fsp3) is 0.364. The quantitative estimate of drug-likeness (QED) is 0.877. The number of rotatable bonds is 4. The van der Waals surface area contributed by atoms with Crippen molar-refractivity contribution in [2.24, 2.45) is 0 Å². The van der Waals surface area contributed by atoms with Gasteiger partial charge in [0.2, 0.25) is 5.91 Å². The summed E-state index contributed by atoms with van der Waals surface area (Å²) in [5.41, 5.74) is 0.678. The Morgan fingerprint density at radius 3 is 1.88 bits per heavy atom. The smallest absolute Gasteiger partial charge is 0.414 e. The number of carbonyl (C=O) groups excluding carboxylic acids is 2. The third kappa shape index (κ3) is 3.96. The van der Waals surface area contributed by atoms with E-state index in [1.807, 2.05) is 67.6 Å². The molecule has 0 unspecified atom stereocenters. The first kappa shape index (κ1) is 18.2. The first-order chi connectivity index (χ1) is 12.6. The van der Waals surface area contributed by atoms with Crippen molar-refractivity contribution < 1.29 is 14.3 Å². The van der Waals surface area contributed by atoms with Crippen molar-refractivity contribution in [2.45, 2.75) is 50.5 Å². The molecule has 1 aliphatic carbocycles. The van der Waals surface area contributed by atoms with Crippen LogP contribution in [-0.4, -0.2) is 18.1 Å². The minimum atomic E-state index is -0.978. The third-order valence-corrected chi connectivity index (χ3v) is 5.20. The van der Waals surface area contributed by atoms with Gasteiger partial charge < -0.3 is 4.74 Å². The van der Waals surface area contributed by atoms with E-state index in [2.05, 4.69) is 5.32 Å². The number of imide groups is 1. The number of benzene rings is 2. The average molecular weight is 351 g/mol. The van der Waals surface area contributed by atoms with Crippen molar-refractivity contribution in [3.05, 3.63) is 71.8 Å². The standard InChI is InChI=1S/C22H25NO3/c1-22(17-11-5-2-6-12-17,18-13-7-3-8-14-18)20(24)23-21(25)26-19-15-9-4-10-16-19/h2-3,5-8,11-14,19H,4,9-10,15-16H2,1H3,(H,23,24,25). The summed E-state index contributed by atoms with van der Waals surface area (Å²) in [6.45, 7) is 1.83. The van der Waals surface area contributed by atoms with Crippen LogP contribution in [0.1, 0.15) is 50.2 Å². The molecule has 136 valence electrons. The molecular formula is C22H25NO3. The van der Waals surface area contributed by atoms with E-state index < -0.39 is 11.5 Å². The molecule has 4 nitrogen and oxygen atoms in total. The maximum absolute atomic E-state index is 13.1. The molecule has 0 radical (unpaired) electrons. The molecule has 0 atom stereocenters. The van der Waals surface area contributed by atoms with Crippen molar-refractivity contribution in [1.82, 2.24) is 5.32 Å². The van der Waals surface area contributed by atoms with Gasteiger partial charge in [0, 0.05) is 0 Å². The second kappa shape index (κ2) is 8.17. The molecule has 0 aliphatic heterocycles. The molecule has 4 heteroatoms. The molecule has 2 aromatic carbocycles. The molecule has 0 spiro atoms. The van der Waals surface area contributed by atoms with Crippen molar-refractivity contribution >= 4 is 12.0 Å². The maximum Gasteiger partial charge on any atom is 0.414 e. The summed E-state index contributed by atoms with van der Waals surface area (Å²) in [5.74, 6) is -0.379. The van der Waals surface area contributed by atoms with E-state index in [-0.39, 0.29) is 12.0 Å². The summed E-state index contributed by atoms with van der Waals surface area (Å²) >= 11 is 0. The number of ether oxygens (including phenoxy) is 1. The summed E-state index contributed by atoms with van der Waals surface area (Å²) in [7, 11) is 0. The predicted molar refractivity (Wildman–Crippen MR) is 101 cm³/mol. The first-order valence-electron chi connectivity index (χ1n) is 9.24. The third-order valence-electron chi connectivity index (χ3n) is 5.20. The van der Waals surface area contributed by atoms with Crippen molar-refractivity contribution in [3.8, 4) is 0 Å². The van der Waals surface area contributed by atoms with Gasteiger partial charge in [-0.25, -0.2) is 4.79 Å². The van der Waals surface area contributed by atoms with Gasteiger partial charge in [-0.1, -0.05) is 67.1 Å². The highest BCUT2D eigenvalue weighted by molar-refractivity contribution is 6.00. The molecule has 1 saturated carbocycles. The van der Waals surface area contributed by atoms with E-state index in [0.29, 0.717) is 0 Å². The van der Waals surface area contributed by atoms with Gasteiger partial charge in [-0.3, -0.25) is 10.1 Å². The Balaban J connectivity index is 1.80. The second-order valence-corrected chi connectivity index (χ2v) is 6.98. The van der Waals surface area contributed by atoms with Crippen LogP contribution >= 0.6 is 0 Å². The van der Waals surface area contributed by atoms with E-state index in [9.17, 15) is 9.59 Å². The molecule has 0 aromatic heterocycles. The van der Waals surface area contributed by atoms with Gasteiger partial charge in [-0.05, 0) is 43.7 Å². The number of nitrogens with one attached hydrogen (secondary N) is 1. The Hall–Kier alpha value is -2.62. The predicted octanol–water partition coefficient (Wildman–Crippen LogP) is 4.58. The molecule has 1 fully saturated rings. The largest absolute Gasteiger partial charge is 0.446 e. The molecule has 2 aromatic rings. The van der Waals surface area contributed by atoms with Crippen LogP contribution in [0.5, 0.6) is 0 Å². The van der Waals surface area contributed by atoms with Crippen LogP contribution in [0.25, 0.3) is 0 Å². The van der Waals surface area contributed by atoms with Crippen molar-refractivity contribution in [1.29, 1.82) is 0 Å². The lowest BCUT2D eigenvalue weighted by molar-refractivity contribution is -0.124. The van der Waals surface area contributed by atoms with E-state index in [1.165, 1.54) is 6.42 Å². The SMILES string of the molecule is CC(C(=O)NC(=O)OC1CCCCC1)(c1ccccc1)c1ccccc1. The molecule has 1 N–H and O–H groups in total. The highest BCUT2D eigenvalue weighted by atomic mass is 16.6. The summed E-state index contributed by atoms with van der Waals surface area (Å²) in [5, 5.41) is 2.46. The zero-order valence-corrected chi connectivity index (χ0v) is 15.1. The van der Waals surface area contributed by atoms with Crippen LogP contribution in [-0.2, 0) is 14.9 Å². The minimum Gasteiger partial charge on any atom is -0.446 e. The number of amides is 2. The van der Waals surface area contributed by atoms with Crippen LogP contribution in [0.15, 0.2) is 60.7 Å². The molecule has 0 heterocycles. The van der Waals surface area contributed by atoms with Crippen LogP contribution < -0.4 is 5.32 Å². The average Bonchev–Trinajstić information content (AvgIpc) is 2.69. The summed E-state index contributed by atoms with van der Waals surface area (Å²) in [6, 6.07) is 19.0. The topological polar surface area (TPSA) is 55.4 Å². The van der Waals surface area contributed by atoms with Crippen LogP contribution in [0, 0.1) is 0 Å². The highest BCUT2D eigenvalue weighted by Gasteiger charge is 2.38. The Labute approximate surface area is 154 Å². The van der Waals surface area contributed by atoms with Gasteiger partial charge in [0.05, 0.1) is 5.41 Å². The number of carbonyl (C=O) groups is 2. The normalized spacial score (nSPS) is 15.3. The molecule has 0 bridgehead atoms. The monoisotopic (exact) mass is 351 g/mol. The molecule has 1 aliphatic rings. The van der Waals surface area contributed by atoms with Gasteiger partial charge in [0.15, 0.2) is 0 Å². The highest BCUT2D eigenvalue weighted by Crippen LogP contribution is 2.32. The summed E-state index contributed by atoms with van der Waals surface area (Å²) < 4.78 is 5.46. The molecule has 26 heavy (non-hydrogen) atoms. The fourth-order valence-corrected chi connectivity index (χ4v) is 3.55. The molecule has 0 saturated heterocycles. The van der Waals surface area contributed by atoms with Crippen LogP contribution in [0.2, 0.25) is 0 Å². The zero-order chi connectivity index (χ0) is 18.4. The van der Waals surface area contributed by atoms with Gasteiger partial charge in [0.1, 0.15) is 6.10 Å². The van der Waals surface area contributed by atoms with Gasteiger partial charge >= 0.3 is 6.09 Å². The maximum atomic E-state index is 13.1. The molecule has 3 rings (SSSR count). The summed E-state index contributed by atoms with van der Waals surface area (Å²) in [6.07, 6.45) is 4.32. The van der Waals surface area contributed by atoms with Gasteiger partial charge in [-0.2, -0.15) is 0 Å². The zero-order valence-electron chi connectivity index (χ0n) is 15.1. The molecular weight excluding hydrogens is 326 g/mol. The van der Waals surface area contributed by atoms with E-state index in [0.717, 1.165) is 36.8 Å². The Bertz CT molecular complexity index is 697. The lowest BCUT2D eigenvalue weighted by Gasteiger charge is -2.29. The van der Waals surface area contributed by atoms with Crippen molar-refractivity contribution in [3.63, 3.8) is 0 Å². The van der Waals surface area contributed by atoms with Crippen molar-refractivity contribution in [2.75, 3.05) is 0 Å². The van der Waals surface area contributed by atoms with Gasteiger partial charge in [0.25, 0.3) is 0 Å². The van der Waals surface area contributed by atoms with Crippen LogP contribution in [0.3, 0.4) is 0 Å². The number of hydrogen-bond acceptors (Lipinski definition) is 3. The fourth-order valence-electron chi connectivity index (χ4n) is 3.55. The Morgan fingerprint density at radius 2 is 1.38 bits per heavy atom. The lowest BCUT2D eigenvalue weighted by atomic mass is 9.75. The first-order valence-corrected chi connectivity index (χ1v) is 9.24. The number of alkyl carbamates (subject to hydrolysis) is 1.